The van der Waals surface area contributed by atoms with Crippen LogP contribution in [0.3, 0.4) is 0 Å². The number of piperidine rings is 1. The summed E-state index contributed by atoms with van der Waals surface area (Å²) in [5.41, 5.74) is 2.91. The maximum Gasteiger partial charge on any atom is 0.304 e. The zero-order valence-corrected chi connectivity index (χ0v) is 16.8. The lowest BCUT2D eigenvalue weighted by molar-refractivity contribution is -0.137. The van der Waals surface area contributed by atoms with Crippen LogP contribution < -0.4 is 0 Å². The Hall–Kier alpha value is -2.11. The lowest BCUT2D eigenvalue weighted by atomic mass is 9.68. The van der Waals surface area contributed by atoms with Gasteiger partial charge in [-0.3, -0.25) is 4.79 Å². The predicted molar refractivity (Wildman–Crippen MR) is 109 cm³/mol. The third kappa shape index (κ3) is 3.62. The van der Waals surface area contributed by atoms with Crippen LogP contribution in [0.4, 0.5) is 0 Å². The number of carboxylic acids is 1. The molecule has 2 unspecified atom stereocenters. The number of hydrogen-bond donors (Lipinski definition) is 1. The Labute approximate surface area is 172 Å². The van der Waals surface area contributed by atoms with Crippen LogP contribution in [0, 0.1) is 11.3 Å². The van der Waals surface area contributed by atoms with Gasteiger partial charge in [-0.1, -0.05) is 30.3 Å². The van der Waals surface area contributed by atoms with Gasteiger partial charge in [0, 0.05) is 17.9 Å². The first-order valence-corrected chi connectivity index (χ1v) is 10.8. The molecule has 0 bridgehead atoms. The highest BCUT2D eigenvalue weighted by Gasteiger charge is 2.50. The summed E-state index contributed by atoms with van der Waals surface area (Å²) in [5, 5.41) is 8.91. The molecule has 3 atom stereocenters. The molecular formula is C24H29NO4. The molecule has 1 N–H and O–H groups in total. The van der Waals surface area contributed by atoms with Crippen LogP contribution in [-0.2, 0) is 20.7 Å². The van der Waals surface area contributed by atoms with Gasteiger partial charge in [-0.15, -0.1) is 0 Å². The Morgan fingerprint density at radius 2 is 2.10 bits per heavy atom. The van der Waals surface area contributed by atoms with Gasteiger partial charge in [0.1, 0.15) is 11.9 Å². The van der Waals surface area contributed by atoms with E-state index in [2.05, 4.69) is 47.4 Å². The minimum absolute atomic E-state index is 0.0946. The summed E-state index contributed by atoms with van der Waals surface area (Å²) in [6.07, 6.45) is 11.4. The van der Waals surface area contributed by atoms with Gasteiger partial charge in [0.05, 0.1) is 19.1 Å². The van der Waals surface area contributed by atoms with Crippen LogP contribution >= 0.6 is 0 Å². The number of carbonyl (C=O) groups is 1. The van der Waals surface area contributed by atoms with E-state index in [0.29, 0.717) is 12.5 Å². The SMILES string of the molecule is O=C(O)CCN1CCC2(CC1)COC1C=C(O[C@@H]3CCc4ccccc43)C=CC12. The average Bonchev–Trinajstić information content (AvgIpc) is 3.30. The van der Waals surface area contributed by atoms with Crippen molar-refractivity contribution in [3.05, 3.63) is 59.4 Å². The number of aliphatic carboxylic acids is 1. The van der Waals surface area contributed by atoms with Crippen molar-refractivity contribution in [2.75, 3.05) is 26.2 Å². The molecule has 2 aliphatic heterocycles. The van der Waals surface area contributed by atoms with Crippen molar-refractivity contribution in [3.63, 3.8) is 0 Å². The molecule has 0 radical (unpaired) electrons. The van der Waals surface area contributed by atoms with Crippen molar-refractivity contribution < 1.29 is 19.4 Å². The molecular weight excluding hydrogens is 366 g/mol. The van der Waals surface area contributed by atoms with Gasteiger partial charge >= 0.3 is 5.97 Å². The highest BCUT2D eigenvalue weighted by molar-refractivity contribution is 5.66. The second-order valence-electron chi connectivity index (χ2n) is 8.92. The highest BCUT2D eigenvalue weighted by Crippen LogP contribution is 2.49. The van der Waals surface area contributed by atoms with Crippen molar-refractivity contribution in [1.29, 1.82) is 0 Å². The normalized spacial score (nSPS) is 30.1. The zero-order valence-electron chi connectivity index (χ0n) is 16.8. The van der Waals surface area contributed by atoms with Crippen LogP contribution in [0.1, 0.15) is 42.9 Å². The van der Waals surface area contributed by atoms with Gasteiger partial charge in [-0.05, 0) is 62.1 Å². The Bertz CT molecular complexity index is 837. The Morgan fingerprint density at radius 1 is 1.28 bits per heavy atom. The van der Waals surface area contributed by atoms with E-state index in [4.69, 9.17) is 14.6 Å². The van der Waals surface area contributed by atoms with Crippen molar-refractivity contribution in [2.24, 2.45) is 11.3 Å². The minimum Gasteiger partial charge on any atom is -0.486 e. The van der Waals surface area contributed by atoms with E-state index in [0.717, 1.165) is 51.1 Å². The third-order valence-electron chi connectivity index (χ3n) is 7.27. The number of aryl methyl sites for hydroxylation is 1. The smallest absolute Gasteiger partial charge is 0.304 e. The summed E-state index contributed by atoms with van der Waals surface area (Å²) in [6, 6.07) is 8.58. The van der Waals surface area contributed by atoms with Crippen LogP contribution in [-0.4, -0.2) is 48.3 Å². The summed E-state index contributed by atoms with van der Waals surface area (Å²) in [7, 11) is 0. The molecule has 1 aromatic carbocycles. The van der Waals surface area contributed by atoms with E-state index in [1.165, 1.54) is 11.1 Å². The van der Waals surface area contributed by atoms with Crippen LogP contribution in [0.5, 0.6) is 0 Å². The number of fused-ring (bicyclic) bond motifs is 3. The van der Waals surface area contributed by atoms with Crippen LogP contribution in [0.25, 0.3) is 0 Å². The molecule has 2 aliphatic carbocycles. The third-order valence-corrected chi connectivity index (χ3v) is 7.27. The van der Waals surface area contributed by atoms with E-state index in [9.17, 15) is 4.79 Å². The van der Waals surface area contributed by atoms with Gasteiger partial charge in [-0.25, -0.2) is 0 Å². The molecule has 0 aromatic heterocycles. The molecule has 0 saturated carbocycles. The van der Waals surface area contributed by atoms with Gasteiger partial charge in [0.25, 0.3) is 0 Å². The van der Waals surface area contributed by atoms with E-state index < -0.39 is 5.97 Å². The fourth-order valence-electron chi connectivity index (χ4n) is 5.53. The molecule has 1 spiro atoms. The monoisotopic (exact) mass is 395 g/mol. The standard InChI is InChI=1S/C24H29NO4/c26-23(27)9-12-25-13-10-24(11-14-25)16-28-22-15-18(6-7-20(22)24)29-21-8-5-17-3-1-2-4-19(17)21/h1-4,6-7,15,20-22H,5,8-14,16H2,(H,26,27)/t20?,21-,22?/m1/s1. The summed E-state index contributed by atoms with van der Waals surface area (Å²) in [6.45, 7) is 3.35. The number of rotatable bonds is 5. The zero-order chi connectivity index (χ0) is 19.8. The first-order chi connectivity index (χ1) is 14.1. The van der Waals surface area contributed by atoms with E-state index in [-0.39, 0.29) is 24.0 Å². The lowest BCUT2D eigenvalue weighted by Crippen LogP contribution is -2.44. The molecule has 0 amide bonds. The summed E-state index contributed by atoms with van der Waals surface area (Å²) in [5.74, 6) is 0.614. The van der Waals surface area contributed by atoms with E-state index in [1.807, 2.05) is 0 Å². The molecule has 29 heavy (non-hydrogen) atoms. The van der Waals surface area contributed by atoms with Gasteiger partial charge in [0.2, 0.25) is 0 Å². The molecule has 154 valence electrons. The molecule has 5 nitrogen and oxygen atoms in total. The Kier molecular flexibility index (Phi) is 4.96. The van der Waals surface area contributed by atoms with Crippen molar-refractivity contribution in [1.82, 2.24) is 4.90 Å². The quantitative estimate of drug-likeness (QED) is 0.824. The van der Waals surface area contributed by atoms with Crippen molar-refractivity contribution >= 4 is 5.97 Å². The fourth-order valence-corrected chi connectivity index (χ4v) is 5.53. The first-order valence-electron chi connectivity index (χ1n) is 10.8. The molecule has 1 aromatic rings. The number of likely N-dealkylation sites (tertiary alicyclic amines) is 1. The largest absolute Gasteiger partial charge is 0.486 e. The minimum atomic E-state index is -0.715. The number of hydrogen-bond acceptors (Lipinski definition) is 4. The second kappa shape index (κ2) is 7.62. The number of ether oxygens (including phenoxy) is 2. The predicted octanol–water partition coefficient (Wildman–Crippen LogP) is 3.72. The number of benzene rings is 1. The first kappa shape index (κ1) is 18.9. The molecule has 2 heterocycles. The van der Waals surface area contributed by atoms with Gasteiger partial charge in [0.15, 0.2) is 0 Å². The summed E-state index contributed by atoms with van der Waals surface area (Å²) < 4.78 is 12.6. The average molecular weight is 395 g/mol. The Balaban J connectivity index is 1.21. The fraction of sp³-hybridized carbons (Fsp3) is 0.542. The second-order valence-corrected chi connectivity index (χ2v) is 8.92. The molecule has 5 heteroatoms. The van der Waals surface area contributed by atoms with Crippen molar-refractivity contribution in [3.8, 4) is 0 Å². The van der Waals surface area contributed by atoms with Gasteiger partial charge in [-0.2, -0.15) is 0 Å². The van der Waals surface area contributed by atoms with Crippen LogP contribution in [0.2, 0.25) is 0 Å². The maximum absolute atomic E-state index is 10.8. The maximum atomic E-state index is 10.8. The number of allylic oxidation sites excluding steroid dienone is 1. The lowest BCUT2D eigenvalue weighted by Gasteiger charge is -2.42. The number of nitrogens with zero attached hydrogens (tertiary/aromatic N) is 1. The topological polar surface area (TPSA) is 59.0 Å². The molecule has 5 rings (SSSR count). The number of carboxylic acid groups (broad SMARTS) is 1. The molecule has 2 fully saturated rings. The van der Waals surface area contributed by atoms with Crippen LogP contribution in [0.15, 0.2) is 48.3 Å². The highest BCUT2D eigenvalue weighted by atomic mass is 16.5. The van der Waals surface area contributed by atoms with E-state index >= 15 is 0 Å². The molecule has 2 saturated heterocycles. The Morgan fingerprint density at radius 3 is 2.93 bits per heavy atom. The van der Waals surface area contributed by atoms with E-state index in [1.54, 1.807) is 0 Å². The van der Waals surface area contributed by atoms with Crippen molar-refractivity contribution in [2.45, 2.75) is 44.3 Å². The van der Waals surface area contributed by atoms with Gasteiger partial charge < -0.3 is 19.5 Å². The summed E-state index contributed by atoms with van der Waals surface area (Å²) in [4.78, 5) is 13.1. The summed E-state index contributed by atoms with van der Waals surface area (Å²) >= 11 is 0. The molecule has 4 aliphatic rings.